The number of likely N-dealkylation sites (tertiary alicyclic amines) is 1. The van der Waals surface area contributed by atoms with Gasteiger partial charge in [0.25, 0.3) is 0 Å². The summed E-state index contributed by atoms with van der Waals surface area (Å²) >= 11 is 0. The SMILES string of the molecule is COC(=O)C[C@H]1CC[C@@H](CNC(=O)CCc2ccc(F)cc2)N1CC1CC1. The van der Waals surface area contributed by atoms with Crippen molar-refractivity contribution in [1.82, 2.24) is 10.2 Å². The normalized spacial score (nSPS) is 22.6. The van der Waals surface area contributed by atoms with Crippen molar-refractivity contribution in [2.24, 2.45) is 5.92 Å². The van der Waals surface area contributed by atoms with Crippen LogP contribution in [0.15, 0.2) is 24.3 Å². The third-order valence-corrected chi connectivity index (χ3v) is 5.66. The van der Waals surface area contributed by atoms with Crippen molar-refractivity contribution in [3.63, 3.8) is 0 Å². The number of nitrogens with zero attached hydrogens (tertiary/aromatic N) is 1. The molecule has 1 aliphatic heterocycles. The van der Waals surface area contributed by atoms with E-state index in [-0.39, 0.29) is 29.8 Å². The minimum absolute atomic E-state index is 0.0158. The first-order chi connectivity index (χ1) is 13.0. The molecule has 1 saturated carbocycles. The summed E-state index contributed by atoms with van der Waals surface area (Å²) in [5.74, 6) is 0.327. The van der Waals surface area contributed by atoms with Crippen LogP contribution < -0.4 is 5.32 Å². The molecule has 3 rings (SSSR count). The molecule has 2 atom stereocenters. The second-order valence-electron chi connectivity index (χ2n) is 7.74. The summed E-state index contributed by atoms with van der Waals surface area (Å²) < 4.78 is 17.8. The van der Waals surface area contributed by atoms with Gasteiger partial charge in [0.1, 0.15) is 5.82 Å². The van der Waals surface area contributed by atoms with Gasteiger partial charge >= 0.3 is 5.97 Å². The Hall–Kier alpha value is -1.95. The minimum Gasteiger partial charge on any atom is -0.469 e. The van der Waals surface area contributed by atoms with Crippen LogP contribution in [0.25, 0.3) is 0 Å². The van der Waals surface area contributed by atoms with Gasteiger partial charge in [0.15, 0.2) is 0 Å². The topological polar surface area (TPSA) is 58.6 Å². The quantitative estimate of drug-likeness (QED) is 0.673. The van der Waals surface area contributed by atoms with E-state index in [0.29, 0.717) is 25.8 Å². The fourth-order valence-electron chi connectivity index (χ4n) is 3.85. The van der Waals surface area contributed by atoms with Gasteiger partial charge in [-0.1, -0.05) is 12.1 Å². The average molecular weight is 376 g/mol. The Bertz CT molecular complexity index is 645. The van der Waals surface area contributed by atoms with Crippen molar-refractivity contribution >= 4 is 11.9 Å². The molecule has 0 aromatic heterocycles. The highest BCUT2D eigenvalue weighted by molar-refractivity contribution is 5.76. The summed E-state index contributed by atoms with van der Waals surface area (Å²) in [7, 11) is 1.43. The summed E-state index contributed by atoms with van der Waals surface area (Å²) in [4.78, 5) is 26.3. The van der Waals surface area contributed by atoms with Crippen LogP contribution in [0.4, 0.5) is 4.39 Å². The maximum Gasteiger partial charge on any atom is 0.307 e. The second-order valence-corrected chi connectivity index (χ2v) is 7.74. The first-order valence-electron chi connectivity index (χ1n) is 9.89. The van der Waals surface area contributed by atoms with Crippen molar-refractivity contribution in [3.05, 3.63) is 35.6 Å². The van der Waals surface area contributed by atoms with E-state index in [0.717, 1.165) is 30.9 Å². The third-order valence-electron chi connectivity index (χ3n) is 5.66. The number of methoxy groups -OCH3 is 1. The lowest BCUT2D eigenvalue weighted by atomic mass is 10.1. The number of hydrogen-bond acceptors (Lipinski definition) is 4. The number of halogens is 1. The number of aryl methyl sites for hydroxylation is 1. The standard InChI is InChI=1S/C21H29FN2O3/c1-27-21(26)12-18-9-10-19(24(18)14-16-2-3-16)13-23-20(25)11-6-15-4-7-17(22)8-5-15/h4-5,7-8,16,18-19H,2-3,6,9-14H2,1H3,(H,23,25)/t18-,19+/m1/s1. The molecule has 27 heavy (non-hydrogen) atoms. The second kappa shape index (κ2) is 9.31. The predicted molar refractivity (Wildman–Crippen MR) is 101 cm³/mol. The number of amides is 1. The molecule has 1 aromatic carbocycles. The molecule has 1 aliphatic carbocycles. The Kier molecular flexibility index (Phi) is 6.83. The molecule has 1 saturated heterocycles. The molecule has 0 radical (unpaired) electrons. The molecule has 0 spiro atoms. The van der Waals surface area contributed by atoms with Crippen LogP contribution in [0.5, 0.6) is 0 Å². The van der Waals surface area contributed by atoms with E-state index < -0.39 is 0 Å². The minimum atomic E-state index is -0.262. The van der Waals surface area contributed by atoms with E-state index in [4.69, 9.17) is 4.74 Å². The zero-order valence-corrected chi connectivity index (χ0v) is 16.0. The zero-order chi connectivity index (χ0) is 19.2. The Balaban J connectivity index is 1.45. The number of esters is 1. The van der Waals surface area contributed by atoms with Gasteiger partial charge < -0.3 is 10.1 Å². The number of hydrogen-bond donors (Lipinski definition) is 1. The predicted octanol–water partition coefficient (Wildman–Crippen LogP) is 2.68. The van der Waals surface area contributed by atoms with Crippen LogP contribution in [-0.4, -0.2) is 49.1 Å². The van der Waals surface area contributed by atoms with E-state index >= 15 is 0 Å². The molecule has 0 unspecified atom stereocenters. The van der Waals surface area contributed by atoms with Crippen LogP contribution in [-0.2, 0) is 20.7 Å². The molecule has 1 amide bonds. The summed E-state index contributed by atoms with van der Waals surface area (Å²) in [6.45, 7) is 1.63. The van der Waals surface area contributed by atoms with Crippen molar-refractivity contribution < 1.29 is 18.7 Å². The molecular formula is C21H29FN2O3. The lowest BCUT2D eigenvalue weighted by Crippen LogP contribution is -2.44. The van der Waals surface area contributed by atoms with Crippen molar-refractivity contribution in [2.45, 2.75) is 57.0 Å². The lowest BCUT2D eigenvalue weighted by Gasteiger charge is -2.30. The Morgan fingerprint density at radius 2 is 1.85 bits per heavy atom. The lowest BCUT2D eigenvalue weighted by molar-refractivity contribution is -0.142. The number of benzene rings is 1. The Labute approximate surface area is 160 Å². The molecule has 1 aromatic rings. The van der Waals surface area contributed by atoms with E-state index in [1.54, 1.807) is 12.1 Å². The zero-order valence-electron chi connectivity index (χ0n) is 16.0. The van der Waals surface area contributed by atoms with Gasteiger partial charge in [-0.2, -0.15) is 0 Å². The van der Waals surface area contributed by atoms with Gasteiger partial charge in [-0.15, -0.1) is 0 Å². The fourth-order valence-corrected chi connectivity index (χ4v) is 3.85. The molecule has 1 heterocycles. The van der Waals surface area contributed by atoms with E-state index in [1.807, 2.05) is 0 Å². The van der Waals surface area contributed by atoms with Crippen LogP contribution in [0.3, 0.4) is 0 Å². The van der Waals surface area contributed by atoms with Gasteiger partial charge in [0, 0.05) is 31.6 Å². The number of carbonyl (C=O) groups is 2. The molecular weight excluding hydrogens is 347 g/mol. The molecule has 148 valence electrons. The first kappa shape index (κ1) is 19.8. The van der Waals surface area contributed by atoms with E-state index in [1.165, 1.54) is 32.1 Å². The van der Waals surface area contributed by atoms with Crippen molar-refractivity contribution in [1.29, 1.82) is 0 Å². The Morgan fingerprint density at radius 3 is 2.52 bits per heavy atom. The number of ether oxygens (including phenoxy) is 1. The maximum absolute atomic E-state index is 12.9. The molecule has 5 nitrogen and oxygen atoms in total. The van der Waals surface area contributed by atoms with Crippen molar-refractivity contribution in [3.8, 4) is 0 Å². The number of rotatable bonds is 9. The highest BCUT2D eigenvalue weighted by atomic mass is 19.1. The van der Waals surface area contributed by atoms with Crippen LogP contribution in [0.2, 0.25) is 0 Å². The summed E-state index contributed by atoms with van der Waals surface area (Å²) in [6.07, 6.45) is 5.92. The highest BCUT2D eigenvalue weighted by Gasteiger charge is 2.38. The van der Waals surface area contributed by atoms with E-state index in [9.17, 15) is 14.0 Å². The molecule has 2 aliphatic rings. The third kappa shape index (κ3) is 6.03. The van der Waals surface area contributed by atoms with Gasteiger partial charge in [-0.05, 0) is 55.7 Å². The monoisotopic (exact) mass is 376 g/mol. The van der Waals surface area contributed by atoms with Crippen LogP contribution in [0.1, 0.15) is 44.1 Å². The molecule has 0 bridgehead atoms. The Morgan fingerprint density at radius 1 is 1.15 bits per heavy atom. The smallest absolute Gasteiger partial charge is 0.307 e. The highest BCUT2D eigenvalue weighted by Crippen LogP contribution is 2.35. The molecule has 1 N–H and O–H groups in total. The van der Waals surface area contributed by atoms with Crippen molar-refractivity contribution in [2.75, 3.05) is 20.2 Å². The van der Waals surface area contributed by atoms with Crippen LogP contribution >= 0.6 is 0 Å². The summed E-state index contributed by atoms with van der Waals surface area (Å²) in [6, 6.07) is 6.78. The maximum atomic E-state index is 12.9. The molecule has 6 heteroatoms. The summed E-state index contributed by atoms with van der Waals surface area (Å²) in [5.41, 5.74) is 0.959. The average Bonchev–Trinajstić information content (AvgIpc) is 3.41. The first-order valence-corrected chi connectivity index (χ1v) is 9.89. The largest absolute Gasteiger partial charge is 0.469 e. The van der Waals surface area contributed by atoms with Gasteiger partial charge in [-0.25, -0.2) is 4.39 Å². The molecule has 2 fully saturated rings. The number of carbonyl (C=O) groups excluding carboxylic acids is 2. The number of nitrogens with one attached hydrogen (secondary N) is 1. The van der Waals surface area contributed by atoms with E-state index in [2.05, 4.69) is 10.2 Å². The van der Waals surface area contributed by atoms with Gasteiger partial charge in [0.05, 0.1) is 13.5 Å². The van der Waals surface area contributed by atoms with Crippen LogP contribution in [0, 0.1) is 11.7 Å². The fraction of sp³-hybridized carbons (Fsp3) is 0.619. The summed E-state index contributed by atoms with van der Waals surface area (Å²) in [5, 5.41) is 3.05. The van der Waals surface area contributed by atoms with Gasteiger partial charge in [0.2, 0.25) is 5.91 Å². The van der Waals surface area contributed by atoms with Gasteiger partial charge in [-0.3, -0.25) is 14.5 Å².